The summed E-state index contributed by atoms with van der Waals surface area (Å²) in [6.45, 7) is 4.76. The molecule has 0 radical (unpaired) electrons. The first-order valence-corrected chi connectivity index (χ1v) is 18.8. The lowest BCUT2D eigenvalue weighted by Crippen LogP contribution is -2.54. The fourth-order valence-electron chi connectivity index (χ4n) is 5.27. The molecule has 1 aromatic rings. The summed E-state index contributed by atoms with van der Waals surface area (Å²) >= 11 is 0. The second-order valence-electron chi connectivity index (χ2n) is 14.0. The average molecular weight is 819 g/mol. The first kappa shape index (κ1) is 47.9. The molecule has 1 aliphatic heterocycles. The number of aliphatic carboxylic acids is 1. The van der Waals surface area contributed by atoms with Crippen molar-refractivity contribution in [3.05, 3.63) is 29.8 Å². The SMILES string of the molecule is CC(C)[C@H](NC(=O)CCCCC(=O)ON1C(=O)CCC1=O)C(=O)N[C@@H](CCCNC(N)=O)C(=O)Nc1ccc(COC(=O)N(C)CCC(=O)N(C)[C@@H](C)C(=O)O)cc1. The van der Waals surface area contributed by atoms with Crippen molar-refractivity contribution in [3.63, 3.8) is 0 Å². The number of carbonyl (C=O) groups excluding carboxylic acids is 9. The number of imide groups is 1. The van der Waals surface area contributed by atoms with Gasteiger partial charge in [0.05, 0.1) is 0 Å². The van der Waals surface area contributed by atoms with Gasteiger partial charge in [-0.25, -0.2) is 19.2 Å². The van der Waals surface area contributed by atoms with Crippen LogP contribution in [0.1, 0.15) is 84.1 Å². The zero-order valence-electron chi connectivity index (χ0n) is 33.4. The highest BCUT2D eigenvalue weighted by Gasteiger charge is 2.33. The zero-order valence-corrected chi connectivity index (χ0v) is 33.4. The third kappa shape index (κ3) is 16.4. The highest BCUT2D eigenvalue weighted by atomic mass is 16.7. The van der Waals surface area contributed by atoms with Crippen molar-refractivity contribution in [2.24, 2.45) is 11.7 Å². The predicted octanol–water partition coefficient (Wildman–Crippen LogP) is 0.757. The first-order chi connectivity index (χ1) is 27.3. The lowest BCUT2D eigenvalue weighted by molar-refractivity contribution is -0.197. The van der Waals surface area contributed by atoms with E-state index in [1.807, 2.05) is 0 Å². The zero-order chi connectivity index (χ0) is 43.5. The highest BCUT2D eigenvalue weighted by molar-refractivity contribution is 6.01. The molecule has 1 aliphatic rings. The Kier molecular flexibility index (Phi) is 19.6. The molecule has 21 nitrogen and oxygen atoms in total. The molecule has 58 heavy (non-hydrogen) atoms. The van der Waals surface area contributed by atoms with Crippen molar-refractivity contribution in [1.29, 1.82) is 0 Å². The Hall–Kier alpha value is -6.28. The number of hydrogen-bond donors (Lipinski definition) is 6. The molecular weight excluding hydrogens is 764 g/mol. The minimum Gasteiger partial charge on any atom is -0.480 e. The maximum Gasteiger partial charge on any atom is 0.409 e. The molecule has 1 fully saturated rings. The summed E-state index contributed by atoms with van der Waals surface area (Å²) in [6, 6.07) is 2.39. The number of nitrogens with two attached hydrogens (primary N) is 1. The second-order valence-corrected chi connectivity index (χ2v) is 14.0. The Bertz CT molecular complexity index is 1650. The van der Waals surface area contributed by atoms with E-state index in [-0.39, 0.29) is 77.5 Å². The third-order valence-corrected chi connectivity index (χ3v) is 8.99. The van der Waals surface area contributed by atoms with Gasteiger partial charge in [0.1, 0.15) is 24.7 Å². The number of anilines is 1. The summed E-state index contributed by atoms with van der Waals surface area (Å²) in [6.07, 6.45) is -0.277. The number of carbonyl (C=O) groups is 10. The van der Waals surface area contributed by atoms with E-state index < -0.39 is 83.5 Å². The van der Waals surface area contributed by atoms with Crippen molar-refractivity contribution >= 4 is 65.2 Å². The van der Waals surface area contributed by atoms with Gasteiger partial charge in [0.2, 0.25) is 23.6 Å². The smallest absolute Gasteiger partial charge is 0.409 e. The Balaban J connectivity index is 1.93. The van der Waals surface area contributed by atoms with Crippen LogP contribution < -0.4 is 27.0 Å². The van der Waals surface area contributed by atoms with Crippen LogP contribution in [0.25, 0.3) is 0 Å². The molecule has 0 bridgehead atoms. The molecule has 9 amide bonds. The molecule has 0 saturated carbocycles. The van der Waals surface area contributed by atoms with E-state index in [2.05, 4.69) is 21.3 Å². The molecule has 7 N–H and O–H groups in total. The molecule has 320 valence electrons. The van der Waals surface area contributed by atoms with Crippen molar-refractivity contribution in [1.82, 2.24) is 30.8 Å². The minimum atomic E-state index is -1.15. The lowest BCUT2D eigenvalue weighted by atomic mass is 10.0. The van der Waals surface area contributed by atoms with Gasteiger partial charge in [-0.2, -0.15) is 0 Å². The van der Waals surface area contributed by atoms with Gasteiger partial charge in [-0.05, 0) is 56.2 Å². The number of amides is 9. The number of hydroxylamine groups is 2. The maximum atomic E-state index is 13.4. The van der Waals surface area contributed by atoms with Gasteiger partial charge in [0, 0.05) is 65.0 Å². The fraction of sp³-hybridized carbons (Fsp3) is 0.568. The van der Waals surface area contributed by atoms with E-state index in [4.69, 9.17) is 20.4 Å². The standard InChI is InChI=1S/C37H54N8O13/c1-22(2)32(42-27(46)10-6-7-11-31(50)58-45-29(48)16-17-30(45)49)34(52)41-26(9-8-19-39-36(38)55)33(51)40-25-14-12-24(13-15-25)21-57-37(56)43(4)20-18-28(47)44(5)23(3)35(53)54/h12-15,22-23,26,32H,6-11,16-21H2,1-5H3,(H,40,51)(H,41,52)(H,42,46)(H,53,54)(H3,38,39,55)/t23-,26-,32-/m0/s1. The highest BCUT2D eigenvalue weighted by Crippen LogP contribution is 2.15. The summed E-state index contributed by atoms with van der Waals surface area (Å²) in [5, 5.41) is 20.0. The normalized spacial score (nSPS) is 13.8. The Labute approximate surface area is 335 Å². The van der Waals surface area contributed by atoms with E-state index in [1.165, 1.54) is 25.9 Å². The van der Waals surface area contributed by atoms with Crippen LogP contribution in [0, 0.1) is 5.92 Å². The van der Waals surface area contributed by atoms with Crippen LogP contribution in [-0.2, 0) is 54.5 Å². The molecule has 1 saturated heterocycles. The Morgan fingerprint density at radius 2 is 1.48 bits per heavy atom. The number of hydrogen-bond acceptors (Lipinski definition) is 12. The van der Waals surface area contributed by atoms with Gasteiger partial charge >= 0.3 is 24.1 Å². The first-order valence-electron chi connectivity index (χ1n) is 18.8. The van der Waals surface area contributed by atoms with Crippen LogP contribution in [0.4, 0.5) is 15.3 Å². The number of primary amides is 1. The monoisotopic (exact) mass is 818 g/mol. The number of likely N-dealkylation sites (N-methyl/N-ethyl adjacent to an activating group) is 1. The van der Waals surface area contributed by atoms with Crippen LogP contribution in [0.2, 0.25) is 0 Å². The van der Waals surface area contributed by atoms with Gasteiger partial charge in [-0.15, -0.1) is 5.06 Å². The number of rotatable bonds is 23. The number of nitrogens with one attached hydrogen (secondary N) is 4. The maximum absolute atomic E-state index is 13.4. The predicted molar refractivity (Wildman–Crippen MR) is 204 cm³/mol. The van der Waals surface area contributed by atoms with Gasteiger partial charge < -0.3 is 51.5 Å². The summed E-state index contributed by atoms with van der Waals surface area (Å²) in [5.74, 6) is -5.70. The minimum absolute atomic E-state index is 0.00452. The van der Waals surface area contributed by atoms with E-state index in [1.54, 1.807) is 38.1 Å². The van der Waals surface area contributed by atoms with Crippen molar-refractivity contribution in [3.8, 4) is 0 Å². The molecule has 21 heteroatoms. The van der Waals surface area contributed by atoms with Crippen molar-refractivity contribution in [2.75, 3.05) is 32.5 Å². The quantitative estimate of drug-likeness (QED) is 0.0658. The molecule has 0 aromatic heterocycles. The summed E-state index contributed by atoms with van der Waals surface area (Å²) < 4.78 is 5.30. The van der Waals surface area contributed by atoms with Gasteiger partial charge in [-0.3, -0.25) is 28.8 Å². The molecule has 1 aromatic carbocycles. The molecule has 0 spiro atoms. The second kappa shape index (κ2) is 23.7. The Morgan fingerprint density at radius 3 is 2.07 bits per heavy atom. The van der Waals surface area contributed by atoms with Crippen LogP contribution in [0.5, 0.6) is 0 Å². The number of carboxylic acid groups (broad SMARTS) is 1. The van der Waals surface area contributed by atoms with Crippen LogP contribution in [0.3, 0.4) is 0 Å². The van der Waals surface area contributed by atoms with E-state index in [0.29, 0.717) is 16.3 Å². The summed E-state index contributed by atoms with van der Waals surface area (Å²) in [5.41, 5.74) is 6.06. The van der Waals surface area contributed by atoms with Gasteiger partial charge in [0.25, 0.3) is 11.8 Å². The average Bonchev–Trinajstić information content (AvgIpc) is 3.49. The largest absolute Gasteiger partial charge is 0.480 e. The molecule has 0 aliphatic carbocycles. The van der Waals surface area contributed by atoms with Gasteiger partial charge in [-0.1, -0.05) is 26.0 Å². The molecular formula is C37H54N8O13. The number of urea groups is 1. The van der Waals surface area contributed by atoms with Crippen LogP contribution >= 0.6 is 0 Å². The number of carboxylic acids is 1. The summed E-state index contributed by atoms with van der Waals surface area (Å²) in [4.78, 5) is 129. The fourth-order valence-corrected chi connectivity index (χ4v) is 5.27. The Morgan fingerprint density at radius 1 is 0.862 bits per heavy atom. The van der Waals surface area contributed by atoms with E-state index in [0.717, 1.165) is 4.90 Å². The van der Waals surface area contributed by atoms with Crippen LogP contribution in [0.15, 0.2) is 24.3 Å². The van der Waals surface area contributed by atoms with Gasteiger partial charge in [0.15, 0.2) is 0 Å². The molecule has 0 unspecified atom stereocenters. The number of benzene rings is 1. The lowest BCUT2D eigenvalue weighted by Gasteiger charge is -2.25. The van der Waals surface area contributed by atoms with E-state index in [9.17, 15) is 47.9 Å². The molecule has 3 atom stereocenters. The third-order valence-electron chi connectivity index (χ3n) is 8.99. The number of nitrogens with zero attached hydrogens (tertiary/aromatic N) is 3. The number of ether oxygens (including phenoxy) is 1. The van der Waals surface area contributed by atoms with Crippen molar-refractivity contribution in [2.45, 2.75) is 103 Å². The van der Waals surface area contributed by atoms with E-state index >= 15 is 0 Å². The van der Waals surface area contributed by atoms with Crippen LogP contribution in [-0.4, -0.2) is 125 Å². The number of unbranched alkanes of at least 4 members (excludes halogenated alkanes) is 1. The topological polar surface area (TPSA) is 293 Å². The molecule has 2 rings (SSSR count). The van der Waals surface area contributed by atoms with Crippen molar-refractivity contribution < 1.29 is 62.6 Å². The molecule has 1 heterocycles. The summed E-state index contributed by atoms with van der Waals surface area (Å²) in [7, 11) is 2.80.